The zero-order valence-corrected chi connectivity index (χ0v) is 19.2. The molecule has 2 amide bonds. The Morgan fingerprint density at radius 3 is 2.34 bits per heavy atom. The third kappa shape index (κ3) is 9.07. The van der Waals surface area contributed by atoms with Crippen molar-refractivity contribution < 1.29 is 23.9 Å². The Morgan fingerprint density at radius 2 is 1.78 bits per heavy atom. The van der Waals surface area contributed by atoms with E-state index >= 15 is 0 Å². The molecule has 0 aliphatic heterocycles. The van der Waals surface area contributed by atoms with E-state index in [-0.39, 0.29) is 29.5 Å². The number of allylic oxidation sites excluding steroid dienone is 1. The Bertz CT molecular complexity index is 871. The summed E-state index contributed by atoms with van der Waals surface area (Å²) >= 11 is 0. The number of amides is 2. The van der Waals surface area contributed by atoms with Crippen LogP contribution >= 0.6 is 0 Å². The van der Waals surface area contributed by atoms with Gasteiger partial charge in [-0.15, -0.1) is 13.2 Å². The minimum absolute atomic E-state index is 0.212. The molecule has 0 saturated carbocycles. The summed E-state index contributed by atoms with van der Waals surface area (Å²) in [5, 5.41) is 8.45. The van der Waals surface area contributed by atoms with Crippen molar-refractivity contribution in [3.8, 4) is 0 Å². The maximum absolute atomic E-state index is 13.0. The summed E-state index contributed by atoms with van der Waals surface area (Å²) in [4.78, 5) is 37.1. The molecule has 8 heteroatoms. The van der Waals surface area contributed by atoms with Crippen molar-refractivity contribution in [3.05, 3.63) is 61.5 Å². The Kier molecular flexibility index (Phi) is 10.2. The molecule has 174 valence electrons. The number of hydrogen-bond donors (Lipinski definition) is 3. The summed E-state index contributed by atoms with van der Waals surface area (Å²) in [7, 11) is 1.26. The van der Waals surface area contributed by atoms with E-state index in [9.17, 15) is 14.4 Å². The summed E-state index contributed by atoms with van der Waals surface area (Å²) in [5.74, 6) is -0.990. The number of benzene rings is 1. The van der Waals surface area contributed by atoms with Gasteiger partial charge in [-0.25, -0.2) is 4.79 Å². The van der Waals surface area contributed by atoms with E-state index in [1.807, 2.05) is 20.8 Å². The van der Waals surface area contributed by atoms with Gasteiger partial charge in [-0.3, -0.25) is 9.59 Å². The number of ether oxygens (including phenoxy) is 2. The molecule has 0 aliphatic rings. The van der Waals surface area contributed by atoms with Gasteiger partial charge in [0.15, 0.2) is 5.88 Å². The molecule has 0 saturated heterocycles. The first-order valence-corrected chi connectivity index (χ1v) is 10.2. The van der Waals surface area contributed by atoms with Gasteiger partial charge in [0.25, 0.3) is 0 Å². The second kappa shape index (κ2) is 12.3. The standard InChI is InChI=1S/C24H33N3O5/c1-8-10-12-21(28)26-20-15-17(23(30)31-7)13-14-18(20)27-22(29)19(11-9-2)25-16(3)32-24(4,5)6/h8-9,13-15,19,25H,1-3,10-12H2,4-7H3,(H,26,28)(H,27,29)/t19-/m0/s1. The highest BCUT2D eigenvalue weighted by Crippen LogP contribution is 2.25. The average Bonchev–Trinajstić information content (AvgIpc) is 2.71. The van der Waals surface area contributed by atoms with Crippen LogP contribution in [0.5, 0.6) is 0 Å². The molecule has 0 spiro atoms. The molecule has 1 aromatic carbocycles. The summed E-state index contributed by atoms with van der Waals surface area (Å²) in [6, 6.07) is 3.76. The molecule has 1 atom stereocenters. The monoisotopic (exact) mass is 443 g/mol. The van der Waals surface area contributed by atoms with Gasteiger partial charge in [0.1, 0.15) is 11.6 Å². The van der Waals surface area contributed by atoms with Crippen molar-refractivity contribution in [2.75, 3.05) is 17.7 Å². The van der Waals surface area contributed by atoms with E-state index in [4.69, 9.17) is 9.47 Å². The Morgan fingerprint density at radius 1 is 1.09 bits per heavy atom. The third-order valence-electron chi connectivity index (χ3n) is 4.03. The Labute approximate surface area is 189 Å². The van der Waals surface area contributed by atoms with E-state index in [0.717, 1.165) is 0 Å². The molecule has 0 fully saturated rings. The van der Waals surface area contributed by atoms with Gasteiger partial charge in [-0.2, -0.15) is 0 Å². The lowest BCUT2D eigenvalue weighted by molar-refractivity contribution is -0.118. The van der Waals surface area contributed by atoms with Crippen molar-refractivity contribution >= 4 is 29.2 Å². The van der Waals surface area contributed by atoms with Crippen LogP contribution in [0.3, 0.4) is 0 Å². The predicted octanol–water partition coefficient (Wildman–Crippen LogP) is 4.14. The summed E-state index contributed by atoms with van der Waals surface area (Å²) in [5.41, 5.74) is 0.355. The van der Waals surface area contributed by atoms with Crippen LogP contribution in [0, 0.1) is 0 Å². The maximum atomic E-state index is 13.0. The summed E-state index contributed by atoms with van der Waals surface area (Å²) in [6.07, 6.45) is 4.24. The molecule has 1 rings (SSSR count). The lowest BCUT2D eigenvalue weighted by Gasteiger charge is -2.26. The van der Waals surface area contributed by atoms with Gasteiger partial charge in [0.2, 0.25) is 11.8 Å². The van der Waals surface area contributed by atoms with Crippen LogP contribution in [0.15, 0.2) is 56.0 Å². The molecule has 0 aliphatic carbocycles. The van der Waals surface area contributed by atoms with Crippen molar-refractivity contribution in [3.63, 3.8) is 0 Å². The van der Waals surface area contributed by atoms with Crippen molar-refractivity contribution in [1.29, 1.82) is 0 Å². The van der Waals surface area contributed by atoms with Crippen LogP contribution < -0.4 is 16.0 Å². The van der Waals surface area contributed by atoms with E-state index in [1.165, 1.54) is 25.3 Å². The maximum Gasteiger partial charge on any atom is 0.337 e. The molecule has 32 heavy (non-hydrogen) atoms. The van der Waals surface area contributed by atoms with Crippen LogP contribution in [0.4, 0.5) is 11.4 Å². The minimum atomic E-state index is -0.716. The minimum Gasteiger partial charge on any atom is -0.474 e. The lowest BCUT2D eigenvalue weighted by Crippen LogP contribution is -2.41. The second-order valence-electron chi connectivity index (χ2n) is 7.98. The molecule has 3 N–H and O–H groups in total. The normalized spacial score (nSPS) is 11.5. The van der Waals surface area contributed by atoms with Crippen LogP contribution in [0.2, 0.25) is 0 Å². The van der Waals surface area contributed by atoms with Gasteiger partial charge >= 0.3 is 5.97 Å². The fourth-order valence-electron chi connectivity index (χ4n) is 2.66. The number of methoxy groups -OCH3 is 1. The third-order valence-corrected chi connectivity index (χ3v) is 4.03. The first kappa shape index (κ1) is 26.5. The predicted molar refractivity (Wildman–Crippen MR) is 126 cm³/mol. The van der Waals surface area contributed by atoms with Gasteiger partial charge in [0.05, 0.1) is 24.0 Å². The molecule has 1 aromatic rings. The number of carbonyl (C=O) groups excluding carboxylic acids is 3. The lowest BCUT2D eigenvalue weighted by atomic mass is 10.1. The molecule has 8 nitrogen and oxygen atoms in total. The first-order valence-electron chi connectivity index (χ1n) is 10.2. The Hall–Kier alpha value is -3.55. The van der Waals surface area contributed by atoms with E-state index in [1.54, 1.807) is 12.2 Å². The SMILES string of the molecule is C=CCCC(=O)Nc1cc(C(=O)OC)ccc1NC(=O)[C@H](CC=C)NC(=C)OC(C)(C)C. The molecule has 0 bridgehead atoms. The molecular formula is C24H33N3O5. The van der Waals surface area contributed by atoms with Gasteiger partial charge < -0.3 is 25.4 Å². The number of hydrogen-bond acceptors (Lipinski definition) is 6. The van der Waals surface area contributed by atoms with Gasteiger partial charge in [-0.05, 0) is 58.4 Å². The molecule has 0 heterocycles. The van der Waals surface area contributed by atoms with E-state index in [0.29, 0.717) is 18.5 Å². The first-order chi connectivity index (χ1) is 15.0. The summed E-state index contributed by atoms with van der Waals surface area (Å²) in [6.45, 7) is 16.7. The van der Waals surface area contributed by atoms with E-state index < -0.39 is 23.5 Å². The zero-order valence-electron chi connectivity index (χ0n) is 19.2. The fourth-order valence-corrected chi connectivity index (χ4v) is 2.66. The van der Waals surface area contributed by atoms with Crippen LogP contribution in [0.25, 0.3) is 0 Å². The number of nitrogens with one attached hydrogen (secondary N) is 3. The number of carbonyl (C=O) groups is 3. The highest BCUT2D eigenvalue weighted by Gasteiger charge is 2.22. The van der Waals surface area contributed by atoms with E-state index in [2.05, 4.69) is 35.7 Å². The highest BCUT2D eigenvalue weighted by molar-refractivity contribution is 6.03. The molecule has 0 aromatic heterocycles. The average molecular weight is 444 g/mol. The number of anilines is 2. The largest absolute Gasteiger partial charge is 0.474 e. The molecule has 0 radical (unpaired) electrons. The smallest absolute Gasteiger partial charge is 0.337 e. The van der Waals surface area contributed by atoms with Crippen LogP contribution in [0.1, 0.15) is 50.4 Å². The number of rotatable bonds is 12. The molecule has 0 unspecified atom stereocenters. The van der Waals surface area contributed by atoms with Gasteiger partial charge in [0, 0.05) is 6.42 Å². The van der Waals surface area contributed by atoms with Crippen molar-refractivity contribution in [2.45, 2.75) is 51.7 Å². The number of esters is 1. The van der Waals surface area contributed by atoms with Crippen LogP contribution in [-0.4, -0.2) is 36.5 Å². The topological polar surface area (TPSA) is 106 Å². The van der Waals surface area contributed by atoms with Gasteiger partial charge in [-0.1, -0.05) is 12.2 Å². The Balaban J connectivity index is 3.11. The van der Waals surface area contributed by atoms with Crippen molar-refractivity contribution in [2.24, 2.45) is 0 Å². The highest BCUT2D eigenvalue weighted by atomic mass is 16.5. The molecular weight excluding hydrogens is 410 g/mol. The van der Waals surface area contributed by atoms with Crippen molar-refractivity contribution in [1.82, 2.24) is 5.32 Å². The second-order valence-corrected chi connectivity index (χ2v) is 7.98. The fraction of sp³-hybridized carbons (Fsp3) is 0.375. The van der Waals surface area contributed by atoms with Crippen LogP contribution in [-0.2, 0) is 19.1 Å². The quantitative estimate of drug-likeness (QED) is 0.255. The zero-order chi connectivity index (χ0) is 24.3. The summed E-state index contributed by atoms with van der Waals surface area (Å²) < 4.78 is 10.4.